The van der Waals surface area contributed by atoms with Gasteiger partial charge >= 0.3 is 11.9 Å². The second-order valence-electron chi connectivity index (χ2n) is 7.38. The molecule has 28 heavy (non-hydrogen) atoms. The van der Waals surface area contributed by atoms with E-state index in [0.717, 1.165) is 6.42 Å². The van der Waals surface area contributed by atoms with Gasteiger partial charge in [-0.1, -0.05) is 22.0 Å². The Morgan fingerprint density at radius 3 is 2.86 bits per heavy atom. The largest absolute Gasteiger partial charge is 0.461 e. The molecule has 0 spiro atoms. The van der Waals surface area contributed by atoms with Crippen molar-refractivity contribution in [3.8, 4) is 0 Å². The van der Waals surface area contributed by atoms with Crippen LogP contribution in [0.5, 0.6) is 0 Å². The van der Waals surface area contributed by atoms with Gasteiger partial charge in [0.05, 0.1) is 21.6 Å². The van der Waals surface area contributed by atoms with Gasteiger partial charge in [-0.2, -0.15) is 0 Å². The van der Waals surface area contributed by atoms with Gasteiger partial charge < -0.3 is 14.8 Å². The molecule has 0 radical (unpaired) electrons. The number of nitrogens with one attached hydrogen (secondary N) is 1. The summed E-state index contributed by atoms with van der Waals surface area (Å²) >= 11 is 3.51. The molecule has 4 rings (SSSR count). The van der Waals surface area contributed by atoms with Crippen LogP contribution < -0.4 is 5.32 Å². The summed E-state index contributed by atoms with van der Waals surface area (Å²) in [7, 11) is 0. The van der Waals surface area contributed by atoms with Crippen LogP contribution in [-0.4, -0.2) is 40.3 Å². The van der Waals surface area contributed by atoms with E-state index in [9.17, 15) is 24.5 Å². The summed E-state index contributed by atoms with van der Waals surface area (Å²) in [5, 5.41) is 13.5. The number of fused-ring (bicyclic) bond motifs is 1. The summed E-state index contributed by atoms with van der Waals surface area (Å²) < 4.78 is 10.5. The number of benzene rings is 1. The first-order valence-electron chi connectivity index (χ1n) is 8.84. The van der Waals surface area contributed by atoms with Gasteiger partial charge in [-0.25, -0.2) is 0 Å². The summed E-state index contributed by atoms with van der Waals surface area (Å²) in [6, 6.07) is 4.30. The Morgan fingerprint density at radius 2 is 2.14 bits per heavy atom. The van der Waals surface area contributed by atoms with E-state index >= 15 is 0 Å². The topological polar surface area (TPSA) is 125 Å². The molecule has 148 valence electrons. The minimum atomic E-state index is -0.617. The lowest BCUT2D eigenvalue weighted by Crippen LogP contribution is -2.39. The van der Waals surface area contributed by atoms with E-state index < -0.39 is 35.2 Å². The van der Waals surface area contributed by atoms with Crippen molar-refractivity contribution in [2.24, 2.45) is 23.7 Å². The van der Waals surface area contributed by atoms with E-state index in [0.29, 0.717) is 5.56 Å². The number of aryl methyl sites for hydroxylation is 1. The standard InChI is InChI=1S/C18H17BrN2O7/c1-7-2-3-8(4-11(7)21(25)26)20-12(22)6-27-17(23)13-9-5-10-14(13)18(24)28-16(10)15(9)19/h2-4,9-10,13-16H,5-6H2,1H3,(H,20,22)/t9-,10-,13-,14+,15+,16+/m1/s1. The fraction of sp³-hybridized carbons (Fsp3) is 0.500. The molecule has 3 fully saturated rings. The maximum absolute atomic E-state index is 12.5. The molecule has 1 N–H and O–H groups in total. The second-order valence-corrected chi connectivity index (χ2v) is 8.43. The van der Waals surface area contributed by atoms with Gasteiger partial charge in [0.25, 0.3) is 11.6 Å². The molecule has 1 saturated heterocycles. The minimum Gasteiger partial charge on any atom is -0.461 e. The lowest BCUT2D eigenvalue weighted by Gasteiger charge is -2.26. The highest BCUT2D eigenvalue weighted by Gasteiger charge is 2.68. The van der Waals surface area contributed by atoms with Crippen molar-refractivity contribution >= 4 is 45.2 Å². The van der Waals surface area contributed by atoms with Crippen LogP contribution in [-0.2, 0) is 23.9 Å². The maximum Gasteiger partial charge on any atom is 0.310 e. The van der Waals surface area contributed by atoms with Crippen LogP contribution in [0.3, 0.4) is 0 Å². The fourth-order valence-electron chi connectivity index (χ4n) is 4.61. The van der Waals surface area contributed by atoms with Gasteiger partial charge in [0.15, 0.2) is 6.61 Å². The Hall–Kier alpha value is -2.49. The van der Waals surface area contributed by atoms with Crippen molar-refractivity contribution in [3.63, 3.8) is 0 Å². The van der Waals surface area contributed by atoms with Crippen LogP contribution in [0.25, 0.3) is 0 Å². The summed E-state index contributed by atoms with van der Waals surface area (Å²) in [5.41, 5.74) is 0.590. The summed E-state index contributed by atoms with van der Waals surface area (Å²) in [5.74, 6) is -2.74. The van der Waals surface area contributed by atoms with Crippen LogP contribution in [0.4, 0.5) is 11.4 Å². The maximum atomic E-state index is 12.5. The summed E-state index contributed by atoms with van der Waals surface area (Å²) in [6.45, 7) is 1.06. The number of alkyl halides is 1. The number of carbonyl (C=O) groups is 3. The molecular formula is C18H17BrN2O7. The Balaban J connectivity index is 1.37. The zero-order valence-electron chi connectivity index (χ0n) is 14.8. The molecule has 6 atom stereocenters. The Labute approximate surface area is 168 Å². The number of esters is 2. The van der Waals surface area contributed by atoms with Gasteiger partial charge in [-0.15, -0.1) is 0 Å². The van der Waals surface area contributed by atoms with E-state index in [1.165, 1.54) is 18.2 Å². The van der Waals surface area contributed by atoms with Crippen molar-refractivity contribution in [3.05, 3.63) is 33.9 Å². The van der Waals surface area contributed by atoms with E-state index in [1.54, 1.807) is 6.92 Å². The Morgan fingerprint density at radius 1 is 1.39 bits per heavy atom. The number of nitro groups is 1. The fourth-order valence-corrected chi connectivity index (χ4v) is 5.65. The van der Waals surface area contributed by atoms with Crippen molar-refractivity contribution in [2.45, 2.75) is 24.3 Å². The molecular weight excluding hydrogens is 436 g/mol. The second kappa shape index (κ2) is 6.84. The SMILES string of the molecule is Cc1ccc(NC(=O)COC(=O)[C@@H]2[C@H]3C[C@H]4[C@H](OC(=O)[C@@H]42)[C@H]3Br)cc1[N+](=O)[O-]. The van der Waals surface area contributed by atoms with Crippen LogP contribution in [0.15, 0.2) is 18.2 Å². The number of amides is 1. The smallest absolute Gasteiger partial charge is 0.310 e. The molecule has 3 aliphatic rings. The Kier molecular flexibility index (Phi) is 4.60. The lowest BCUT2D eigenvalue weighted by molar-refractivity contribution is -0.385. The van der Waals surface area contributed by atoms with Crippen molar-refractivity contribution in [1.29, 1.82) is 0 Å². The van der Waals surface area contributed by atoms with E-state index in [2.05, 4.69) is 21.2 Å². The van der Waals surface area contributed by atoms with E-state index in [-0.39, 0.29) is 40.1 Å². The van der Waals surface area contributed by atoms with Crippen molar-refractivity contribution in [2.75, 3.05) is 11.9 Å². The number of halogens is 1. The van der Waals surface area contributed by atoms with Crippen LogP contribution >= 0.6 is 15.9 Å². The monoisotopic (exact) mass is 452 g/mol. The molecule has 1 heterocycles. The molecule has 1 amide bonds. The highest BCUT2D eigenvalue weighted by molar-refractivity contribution is 9.09. The van der Waals surface area contributed by atoms with Crippen molar-refractivity contribution in [1.82, 2.24) is 0 Å². The third kappa shape index (κ3) is 2.95. The molecule has 0 aromatic heterocycles. The molecule has 1 aromatic carbocycles. The minimum absolute atomic E-state index is 0.0151. The first kappa shape index (κ1) is 18.9. The first-order chi connectivity index (χ1) is 13.3. The number of hydrogen-bond acceptors (Lipinski definition) is 7. The van der Waals surface area contributed by atoms with Gasteiger partial charge in [0.1, 0.15) is 6.10 Å². The molecule has 2 bridgehead atoms. The Bertz CT molecular complexity index is 889. The third-order valence-corrected chi connectivity index (χ3v) is 7.03. The molecule has 2 aliphatic carbocycles. The summed E-state index contributed by atoms with van der Waals surface area (Å²) in [6.07, 6.45) is 0.530. The van der Waals surface area contributed by atoms with Gasteiger partial charge in [0.2, 0.25) is 0 Å². The quantitative estimate of drug-likeness (QED) is 0.313. The highest BCUT2D eigenvalue weighted by Crippen LogP contribution is 2.60. The number of nitrogens with zero attached hydrogens (tertiary/aromatic N) is 1. The first-order valence-corrected chi connectivity index (χ1v) is 9.75. The van der Waals surface area contributed by atoms with E-state index in [1.807, 2.05) is 0 Å². The number of ether oxygens (including phenoxy) is 2. The lowest BCUT2D eigenvalue weighted by atomic mass is 9.80. The molecule has 1 aliphatic heterocycles. The third-order valence-electron chi connectivity index (χ3n) is 5.83. The molecule has 1 aromatic rings. The number of anilines is 1. The molecule has 10 heteroatoms. The number of hydrogen-bond donors (Lipinski definition) is 1. The predicted octanol–water partition coefficient (Wildman–Crippen LogP) is 1.96. The molecule has 9 nitrogen and oxygen atoms in total. The van der Waals surface area contributed by atoms with Gasteiger partial charge in [0, 0.05) is 23.2 Å². The average Bonchev–Trinajstić information content (AvgIpc) is 3.25. The van der Waals surface area contributed by atoms with Gasteiger partial charge in [-0.3, -0.25) is 24.5 Å². The zero-order chi connectivity index (χ0) is 20.2. The average molecular weight is 453 g/mol. The molecule has 2 saturated carbocycles. The summed E-state index contributed by atoms with van der Waals surface area (Å²) in [4.78, 5) is 47.0. The number of rotatable bonds is 5. The number of carbonyl (C=O) groups excluding carboxylic acids is 3. The van der Waals surface area contributed by atoms with Gasteiger partial charge in [-0.05, 0) is 25.3 Å². The van der Waals surface area contributed by atoms with Crippen LogP contribution in [0.1, 0.15) is 12.0 Å². The van der Waals surface area contributed by atoms with Crippen molar-refractivity contribution < 1.29 is 28.8 Å². The number of nitro benzene ring substituents is 1. The normalized spacial score (nSPS) is 32.1. The predicted molar refractivity (Wildman–Crippen MR) is 98.6 cm³/mol. The highest BCUT2D eigenvalue weighted by atomic mass is 79.9. The van der Waals surface area contributed by atoms with Crippen LogP contribution in [0, 0.1) is 40.7 Å². The molecule has 0 unspecified atom stereocenters. The van der Waals surface area contributed by atoms with E-state index in [4.69, 9.17) is 9.47 Å². The zero-order valence-corrected chi connectivity index (χ0v) is 16.4. The van der Waals surface area contributed by atoms with Crippen LogP contribution in [0.2, 0.25) is 0 Å².